The third-order valence-corrected chi connectivity index (χ3v) is 10.2. The summed E-state index contributed by atoms with van der Waals surface area (Å²) in [5.41, 5.74) is 3.32. The van der Waals surface area contributed by atoms with E-state index in [9.17, 15) is 18.0 Å². The number of carbonyl (C=O) groups excluding carboxylic acids is 2. The van der Waals surface area contributed by atoms with Gasteiger partial charge in [-0.15, -0.1) is 0 Å². The second-order valence-corrected chi connectivity index (χ2v) is 14.7. The van der Waals surface area contributed by atoms with E-state index in [1.807, 2.05) is 52.0 Å². The van der Waals surface area contributed by atoms with E-state index < -0.39 is 27.9 Å². The number of hydrogen-bond donors (Lipinski definition) is 1. The summed E-state index contributed by atoms with van der Waals surface area (Å²) in [6, 6.07) is 11.3. The van der Waals surface area contributed by atoms with Crippen LogP contribution in [0.4, 0.5) is 4.79 Å². The fourth-order valence-electron chi connectivity index (χ4n) is 6.52. The highest BCUT2D eigenvalue weighted by atomic mass is 32.2. The van der Waals surface area contributed by atoms with E-state index in [1.54, 1.807) is 30.0 Å². The molecular formula is C32H42N4O7S. The number of likely N-dealkylation sites (tertiary alicyclic amines) is 1. The lowest BCUT2D eigenvalue weighted by Crippen LogP contribution is -2.63. The molecule has 0 aliphatic carbocycles. The number of rotatable bonds is 7. The number of ether oxygens (including phenoxy) is 3. The molecule has 0 saturated carbocycles. The van der Waals surface area contributed by atoms with Gasteiger partial charge in [-0.1, -0.05) is 12.1 Å². The van der Waals surface area contributed by atoms with E-state index in [1.165, 1.54) is 18.5 Å². The number of nitrogens with zero attached hydrogens (tertiary/aromatic N) is 3. The smallest absolute Gasteiger partial charge is 0.419 e. The SMILES string of the molecule is CNS(=O)(=O)N1CC2(CCN(Cc3c(OC)cc(C)c4c3ccn4C(=O)OC(C)(C)C)C(c3ccc(C(=O)OC)cc3)C2)C1. The van der Waals surface area contributed by atoms with Crippen LogP contribution < -0.4 is 9.46 Å². The Morgan fingerprint density at radius 3 is 2.36 bits per heavy atom. The quantitative estimate of drug-likeness (QED) is 0.377. The van der Waals surface area contributed by atoms with Gasteiger partial charge in [-0.25, -0.2) is 14.3 Å². The summed E-state index contributed by atoms with van der Waals surface area (Å²) in [7, 11) is 0.944. The number of methoxy groups -OCH3 is 2. The Morgan fingerprint density at radius 2 is 1.77 bits per heavy atom. The molecule has 1 unspecified atom stereocenters. The van der Waals surface area contributed by atoms with Crippen molar-refractivity contribution in [1.29, 1.82) is 0 Å². The lowest BCUT2D eigenvalue weighted by molar-refractivity contribution is -0.0334. The Bertz CT molecular complexity index is 1670. The van der Waals surface area contributed by atoms with Gasteiger partial charge in [0.05, 0.1) is 25.3 Å². The number of carbonyl (C=O) groups is 2. The van der Waals surface area contributed by atoms with E-state index in [0.717, 1.165) is 52.7 Å². The largest absolute Gasteiger partial charge is 0.496 e. The first-order valence-electron chi connectivity index (χ1n) is 14.7. The van der Waals surface area contributed by atoms with Crippen molar-refractivity contribution in [3.05, 3.63) is 64.8 Å². The van der Waals surface area contributed by atoms with Gasteiger partial charge in [0.15, 0.2) is 0 Å². The van der Waals surface area contributed by atoms with Gasteiger partial charge in [-0.2, -0.15) is 12.7 Å². The number of fused-ring (bicyclic) bond motifs is 1. The van der Waals surface area contributed by atoms with Gasteiger partial charge in [0.25, 0.3) is 10.2 Å². The molecule has 0 bridgehead atoms. The minimum absolute atomic E-state index is 0.0520. The normalized spacial score (nSPS) is 19.1. The van der Waals surface area contributed by atoms with Gasteiger partial charge in [-0.3, -0.25) is 9.47 Å². The van der Waals surface area contributed by atoms with Crippen molar-refractivity contribution in [1.82, 2.24) is 18.5 Å². The van der Waals surface area contributed by atoms with Crippen LogP contribution in [0.5, 0.6) is 5.75 Å². The molecular weight excluding hydrogens is 584 g/mol. The van der Waals surface area contributed by atoms with Crippen molar-refractivity contribution in [2.75, 3.05) is 40.9 Å². The van der Waals surface area contributed by atoms with Crippen molar-refractivity contribution < 1.29 is 32.2 Å². The number of nitrogens with one attached hydrogen (secondary N) is 1. The highest BCUT2D eigenvalue weighted by molar-refractivity contribution is 7.87. The average Bonchev–Trinajstić information content (AvgIpc) is 3.42. The van der Waals surface area contributed by atoms with E-state index in [4.69, 9.17) is 14.2 Å². The highest BCUT2D eigenvalue weighted by Crippen LogP contribution is 2.49. The molecule has 3 aromatic rings. The monoisotopic (exact) mass is 626 g/mol. The fourth-order valence-corrected chi connectivity index (χ4v) is 7.66. The molecule has 11 nitrogen and oxygen atoms in total. The molecule has 0 amide bonds. The predicted molar refractivity (Wildman–Crippen MR) is 167 cm³/mol. The zero-order chi connectivity index (χ0) is 32.0. The van der Waals surface area contributed by atoms with Crippen molar-refractivity contribution in [2.45, 2.75) is 58.7 Å². The lowest BCUT2D eigenvalue weighted by Gasteiger charge is -2.55. The van der Waals surface area contributed by atoms with Crippen molar-refractivity contribution in [3.63, 3.8) is 0 Å². The van der Waals surface area contributed by atoms with Gasteiger partial charge < -0.3 is 14.2 Å². The van der Waals surface area contributed by atoms with E-state index in [-0.39, 0.29) is 11.5 Å². The molecule has 238 valence electrons. The van der Waals surface area contributed by atoms with Crippen LogP contribution in [0.3, 0.4) is 0 Å². The third kappa shape index (κ3) is 6.08. The van der Waals surface area contributed by atoms with Crippen LogP contribution in [-0.4, -0.2) is 80.8 Å². The van der Waals surface area contributed by atoms with Crippen molar-refractivity contribution in [3.8, 4) is 5.75 Å². The van der Waals surface area contributed by atoms with Gasteiger partial charge in [0.2, 0.25) is 0 Å². The first-order valence-corrected chi connectivity index (χ1v) is 16.2. The third-order valence-electron chi connectivity index (χ3n) is 8.74. The number of piperidine rings is 1. The summed E-state index contributed by atoms with van der Waals surface area (Å²) >= 11 is 0. The Labute approximate surface area is 259 Å². The average molecular weight is 627 g/mol. The molecule has 2 aromatic carbocycles. The maximum absolute atomic E-state index is 13.1. The van der Waals surface area contributed by atoms with Crippen LogP contribution >= 0.6 is 0 Å². The minimum atomic E-state index is -3.49. The summed E-state index contributed by atoms with van der Waals surface area (Å²) < 4.78 is 46.8. The first kappa shape index (κ1) is 32.0. The standard InChI is InChI=1S/C32H42N4O7S/c1-21-16-27(41-6)25(24-12-14-36(28(21)24)30(38)43-31(2,3)4)18-34-15-13-32(19-35(20-32)44(39,40)33-5)17-26(34)22-8-10-23(11-9-22)29(37)42-7/h8-12,14,16,26,33H,13,15,17-20H2,1-7H3. The van der Waals surface area contributed by atoms with E-state index in [2.05, 4.69) is 9.62 Å². The lowest BCUT2D eigenvalue weighted by atomic mass is 9.69. The number of esters is 1. The van der Waals surface area contributed by atoms with Gasteiger partial charge in [0, 0.05) is 55.3 Å². The Kier molecular flexibility index (Phi) is 8.58. The zero-order valence-corrected chi connectivity index (χ0v) is 27.3. The number of benzene rings is 2. The maximum Gasteiger partial charge on any atom is 0.419 e. The molecule has 2 aliphatic rings. The summed E-state index contributed by atoms with van der Waals surface area (Å²) in [6.45, 7) is 9.65. The number of hydrogen-bond acceptors (Lipinski definition) is 8. The number of aryl methyl sites for hydroxylation is 1. The summed E-state index contributed by atoms with van der Waals surface area (Å²) in [4.78, 5) is 27.6. The fraction of sp³-hybridized carbons (Fsp3) is 0.500. The van der Waals surface area contributed by atoms with Gasteiger partial charge >= 0.3 is 12.1 Å². The molecule has 1 spiro atoms. The van der Waals surface area contributed by atoms with Crippen LogP contribution in [0.15, 0.2) is 42.6 Å². The maximum atomic E-state index is 13.1. The Morgan fingerprint density at radius 1 is 1.09 bits per heavy atom. The van der Waals surface area contributed by atoms with Crippen molar-refractivity contribution in [2.24, 2.45) is 5.41 Å². The molecule has 0 radical (unpaired) electrons. The highest BCUT2D eigenvalue weighted by Gasteiger charge is 2.51. The molecule has 2 aliphatic heterocycles. The molecule has 12 heteroatoms. The van der Waals surface area contributed by atoms with Crippen LogP contribution in [0.25, 0.3) is 10.9 Å². The molecule has 3 heterocycles. The zero-order valence-electron chi connectivity index (χ0n) is 26.5. The second kappa shape index (κ2) is 11.8. The molecule has 44 heavy (non-hydrogen) atoms. The van der Waals surface area contributed by atoms with E-state index in [0.29, 0.717) is 25.2 Å². The summed E-state index contributed by atoms with van der Waals surface area (Å²) in [5.74, 6) is 0.327. The Hall–Kier alpha value is -3.45. The molecule has 5 rings (SSSR count). The molecule has 2 saturated heterocycles. The molecule has 1 atom stereocenters. The second-order valence-electron chi connectivity index (χ2n) is 12.8. The number of aromatic nitrogens is 1. The van der Waals surface area contributed by atoms with Crippen LogP contribution in [0.1, 0.15) is 66.7 Å². The minimum Gasteiger partial charge on any atom is -0.496 e. The summed E-state index contributed by atoms with van der Waals surface area (Å²) in [5, 5.41) is 0.905. The van der Waals surface area contributed by atoms with Crippen LogP contribution in [0.2, 0.25) is 0 Å². The Balaban J connectivity index is 1.51. The topological polar surface area (TPSA) is 119 Å². The summed E-state index contributed by atoms with van der Waals surface area (Å²) in [6.07, 6.45) is 2.88. The van der Waals surface area contributed by atoms with Crippen LogP contribution in [0, 0.1) is 12.3 Å². The molecule has 2 fully saturated rings. The first-order chi connectivity index (χ1) is 20.7. The van der Waals surface area contributed by atoms with Gasteiger partial charge in [0.1, 0.15) is 11.4 Å². The molecule has 1 N–H and O–H groups in total. The molecule has 1 aromatic heterocycles. The van der Waals surface area contributed by atoms with Crippen LogP contribution in [-0.2, 0) is 26.2 Å². The predicted octanol–water partition coefficient (Wildman–Crippen LogP) is 4.63. The van der Waals surface area contributed by atoms with E-state index >= 15 is 0 Å². The van der Waals surface area contributed by atoms with Gasteiger partial charge in [-0.05, 0) is 82.5 Å². The van der Waals surface area contributed by atoms with Crippen molar-refractivity contribution >= 4 is 33.2 Å².